The van der Waals surface area contributed by atoms with Gasteiger partial charge in [0.05, 0.1) is 6.10 Å². The van der Waals surface area contributed by atoms with Crippen LogP contribution in [0.4, 0.5) is 0 Å². The lowest BCUT2D eigenvalue weighted by Crippen LogP contribution is -2.45. The fraction of sp³-hybridized carbons (Fsp3) is 0.750. The third-order valence-corrected chi connectivity index (χ3v) is 2.78. The van der Waals surface area contributed by atoms with E-state index in [4.69, 9.17) is 12.2 Å². The van der Waals surface area contributed by atoms with Gasteiger partial charge in [0.15, 0.2) is 5.11 Å². The summed E-state index contributed by atoms with van der Waals surface area (Å²) in [6.07, 6.45) is 2.73. The maximum Gasteiger partial charge on any atom is 0.192 e. The lowest BCUT2D eigenvalue weighted by molar-refractivity contribution is 0.117. The van der Waals surface area contributed by atoms with Crippen LogP contribution in [-0.4, -0.2) is 28.6 Å². The molecule has 0 aromatic rings. The minimum Gasteiger partial charge on any atom is -0.392 e. The Morgan fingerprint density at radius 1 is 1.58 bits per heavy atom. The molecular weight excluding hydrogens is 172 g/mol. The van der Waals surface area contributed by atoms with Crippen molar-refractivity contribution in [2.24, 2.45) is 10.9 Å². The second-order valence-corrected chi connectivity index (χ2v) is 3.74. The van der Waals surface area contributed by atoms with Crippen LogP contribution in [0.2, 0.25) is 0 Å². The second-order valence-electron chi connectivity index (χ2n) is 3.36. The first-order chi connectivity index (χ1) is 5.77. The number of hydrogen-bond acceptors (Lipinski definition) is 2. The molecule has 0 bridgehead atoms. The predicted octanol–water partition coefficient (Wildman–Crippen LogP) is 0.476. The Balaban J connectivity index is 2.20. The molecular formula is C8H12N2OS. The molecule has 1 fully saturated rings. The Labute approximate surface area is 76.9 Å². The molecule has 2 aliphatic rings. The molecule has 12 heavy (non-hydrogen) atoms. The normalized spacial score (nSPS) is 35.1. The van der Waals surface area contributed by atoms with Crippen LogP contribution in [-0.2, 0) is 0 Å². The summed E-state index contributed by atoms with van der Waals surface area (Å²) in [4.78, 5) is 4.23. The quantitative estimate of drug-likeness (QED) is 0.538. The van der Waals surface area contributed by atoms with Crippen molar-refractivity contribution in [3.63, 3.8) is 0 Å². The van der Waals surface area contributed by atoms with Gasteiger partial charge in [0.2, 0.25) is 0 Å². The first-order valence-corrected chi connectivity index (χ1v) is 4.71. The van der Waals surface area contributed by atoms with Crippen LogP contribution in [0.15, 0.2) is 4.99 Å². The van der Waals surface area contributed by atoms with Gasteiger partial charge in [-0.05, 0) is 31.5 Å². The zero-order valence-electron chi connectivity index (χ0n) is 6.79. The summed E-state index contributed by atoms with van der Waals surface area (Å²) in [5.74, 6) is 0.213. The number of fused-ring (bicyclic) bond motifs is 1. The lowest BCUT2D eigenvalue weighted by atomic mass is 9.84. The van der Waals surface area contributed by atoms with Gasteiger partial charge >= 0.3 is 0 Å². The molecule has 1 heterocycles. The van der Waals surface area contributed by atoms with Gasteiger partial charge in [-0.15, -0.1) is 0 Å². The number of nitrogens with zero attached hydrogens (tertiary/aromatic N) is 1. The van der Waals surface area contributed by atoms with Gasteiger partial charge in [-0.1, -0.05) is 0 Å². The molecule has 2 unspecified atom stereocenters. The van der Waals surface area contributed by atoms with Gasteiger partial charge in [0.25, 0.3) is 0 Å². The van der Waals surface area contributed by atoms with Crippen molar-refractivity contribution in [3.05, 3.63) is 0 Å². The standard InChI is InChI=1S/C8H12N2OS/c11-7-3-1-2-6-5(7)4-9-8(12)10-6/h5,7,11H,1-4H2,(H,9,12). The smallest absolute Gasteiger partial charge is 0.192 e. The summed E-state index contributed by atoms with van der Waals surface area (Å²) in [6.45, 7) is 0.763. The van der Waals surface area contributed by atoms with Crippen LogP contribution in [0, 0.1) is 5.92 Å². The molecule has 2 N–H and O–H groups in total. The highest BCUT2D eigenvalue weighted by Gasteiger charge is 2.30. The maximum atomic E-state index is 9.63. The van der Waals surface area contributed by atoms with Gasteiger partial charge < -0.3 is 10.4 Å². The third-order valence-electron chi connectivity index (χ3n) is 2.54. The molecule has 4 heteroatoms. The van der Waals surface area contributed by atoms with E-state index < -0.39 is 0 Å². The van der Waals surface area contributed by atoms with E-state index in [0.29, 0.717) is 5.11 Å². The Kier molecular flexibility index (Phi) is 2.11. The zero-order chi connectivity index (χ0) is 8.55. The van der Waals surface area contributed by atoms with Crippen molar-refractivity contribution in [2.45, 2.75) is 25.4 Å². The highest BCUT2D eigenvalue weighted by Crippen LogP contribution is 2.23. The van der Waals surface area contributed by atoms with Crippen LogP contribution < -0.4 is 5.32 Å². The Morgan fingerprint density at radius 3 is 3.25 bits per heavy atom. The molecule has 3 nitrogen and oxygen atoms in total. The van der Waals surface area contributed by atoms with Gasteiger partial charge in [-0.25, -0.2) is 4.99 Å². The van der Waals surface area contributed by atoms with E-state index in [1.54, 1.807) is 0 Å². The van der Waals surface area contributed by atoms with Gasteiger partial charge in [-0.3, -0.25) is 0 Å². The fourth-order valence-corrected chi connectivity index (χ4v) is 2.06. The number of thiocarbonyl (C=S) groups is 1. The van der Waals surface area contributed by atoms with Crippen LogP contribution in [0.3, 0.4) is 0 Å². The number of aliphatic imine (C=N–C) groups is 1. The van der Waals surface area contributed by atoms with Crippen LogP contribution in [0.5, 0.6) is 0 Å². The van der Waals surface area contributed by atoms with Crippen LogP contribution >= 0.6 is 12.2 Å². The maximum absolute atomic E-state index is 9.63. The molecule has 0 aromatic heterocycles. The van der Waals surface area contributed by atoms with Crippen molar-refractivity contribution in [2.75, 3.05) is 6.54 Å². The lowest BCUT2D eigenvalue weighted by Gasteiger charge is -2.32. The van der Waals surface area contributed by atoms with Crippen molar-refractivity contribution in [1.82, 2.24) is 5.32 Å². The zero-order valence-corrected chi connectivity index (χ0v) is 7.60. The van der Waals surface area contributed by atoms with E-state index in [1.807, 2.05) is 0 Å². The van der Waals surface area contributed by atoms with Crippen molar-refractivity contribution in [3.8, 4) is 0 Å². The molecule has 0 spiro atoms. The molecule has 2 atom stereocenters. The molecule has 0 radical (unpaired) electrons. The van der Waals surface area contributed by atoms with Crippen molar-refractivity contribution >= 4 is 23.0 Å². The monoisotopic (exact) mass is 184 g/mol. The summed E-state index contributed by atoms with van der Waals surface area (Å²) in [5.41, 5.74) is 1.09. The molecule has 1 aliphatic heterocycles. The predicted molar refractivity (Wildman–Crippen MR) is 51.4 cm³/mol. The fourth-order valence-electron chi connectivity index (χ4n) is 1.86. The summed E-state index contributed by atoms with van der Waals surface area (Å²) < 4.78 is 0. The molecule has 1 aliphatic carbocycles. The van der Waals surface area contributed by atoms with E-state index in [9.17, 15) is 5.11 Å². The van der Waals surface area contributed by atoms with Crippen molar-refractivity contribution < 1.29 is 5.11 Å². The average molecular weight is 184 g/mol. The van der Waals surface area contributed by atoms with E-state index >= 15 is 0 Å². The largest absolute Gasteiger partial charge is 0.392 e. The summed E-state index contributed by atoms with van der Waals surface area (Å²) >= 11 is 4.93. The summed E-state index contributed by atoms with van der Waals surface area (Å²) in [7, 11) is 0. The van der Waals surface area contributed by atoms with Gasteiger partial charge in [-0.2, -0.15) is 0 Å². The first kappa shape index (κ1) is 8.13. The molecule has 0 saturated heterocycles. The highest BCUT2D eigenvalue weighted by atomic mass is 32.1. The Hall–Kier alpha value is -0.480. The Bertz CT molecular complexity index is 239. The molecule has 0 aromatic carbocycles. The molecule has 66 valence electrons. The van der Waals surface area contributed by atoms with Gasteiger partial charge in [0, 0.05) is 18.2 Å². The van der Waals surface area contributed by atoms with Crippen LogP contribution in [0.25, 0.3) is 0 Å². The van der Waals surface area contributed by atoms with Crippen LogP contribution in [0.1, 0.15) is 19.3 Å². The SMILES string of the molecule is OC1CCCC2=NC(=S)NCC21. The van der Waals surface area contributed by atoms with E-state index in [-0.39, 0.29) is 12.0 Å². The topological polar surface area (TPSA) is 44.6 Å². The minimum absolute atomic E-state index is 0.213. The molecule has 0 amide bonds. The van der Waals surface area contributed by atoms with E-state index in [2.05, 4.69) is 10.3 Å². The Morgan fingerprint density at radius 2 is 2.42 bits per heavy atom. The first-order valence-electron chi connectivity index (χ1n) is 4.31. The number of aliphatic hydroxyl groups excluding tert-OH is 1. The van der Waals surface area contributed by atoms with E-state index in [0.717, 1.165) is 31.5 Å². The highest BCUT2D eigenvalue weighted by molar-refractivity contribution is 7.80. The van der Waals surface area contributed by atoms with Gasteiger partial charge in [0.1, 0.15) is 0 Å². The molecule has 2 rings (SSSR count). The van der Waals surface area contributed by atoms with Crippen molar-refractivity contribution in [1.29, 1.82) is 0 Å². The number of aliphatic hydroxyl groups is 1. The summed E-state index contributed by atoms with van der Waals surface area (Å²) in [6, 6.07) is 0. The number of rotatable bonds is 0. The summed E-state index contributed by atoms with van der Waals surface area (Å²) in [5, 5.41) is 13.2. The molecule has 1 saturated carbocycles. The second kappa shape index (κ2) is 3.11. The number of nitrogens with one attached hydrogen (secondary N) is 1. The average Bonchev–Trinajstić information content (AvgIpc) is 2.04. The van der Waals surface area contributed by atoms with E-state index in [1.165, 1.54) is 0 Å². The third kappa shape index (κ3) is 1.36. The minimum atomic E-state index is -0.215. The number of hydrogen-bond donors (Lipinski definition) is 2.